The van der Waals surface area contributed by atoms with Crippen molar-refractivity contribution in [1.82, 2.24) is 10.2 Å². The van der Waals surface area contributed by atoms with E-state index in [-0.39, 0.29) is 0 Å². The molecule has 0 saturated carbocycles. The SMILES string of the molecule is Cc1nnc(Sc2ccc([N+](=O)[O-])c(OC(F)F)c2)s1. The van der Waals surface area contributed by atoms with Gasteiger partial charge < -0.3 is 4.74 Å². The number of hydrogen-bond acceptors (Lipinski definition) is 7. The highest BCUT2D eigenvalue weighted by atomic mass is 32.2. The number of hydrogen-bond donors (Lipinski definition) is 0. The van der Waals surface area contributed by atoms with Crippen LogP contribution in [0.1, 0.15) is 5.01 Å². The lowest BCUT2D eigenvalue weighted by Gasteiger charge is -2.06. The second-order valence-electron chi connectivity index (χ2n) is 3.45. The van der Waals surface area contributed by atoms with E-state index in [2.05, 4.69) is 14.9 Å². The van der Waals surface area contributed by atoms with Gasteiger partial charge in [0.05, 0.1) is 4.92 Å². The number of rotatable bonds is 5. The van der Waals surface area contributed by atoms with E-state index in [4.69, 9.17) is 0 Å². The Morgan fingerprint density at radius 3 is 2.75 bits per heavy atom. The highest BCUT2D eigenvalue weighted by Gasteiger charge is 2.19. The molecule has 106 valence electrons. The van der Waals surface area contributed by atoms with Gasteiger partial charge in [-0.3, -0.25) is 10.1 Å². The van der Waals surface area contributed by atoms with Crippen LogP contribution in [0, 0.1) is 17.0 Å². The Balaban J connectivity index is 2.28. The minimum absolute atomic E-state index is 0.476. The molecule has 2 rings (SSSR count). The molecule has 0 unspecified atom stereocenters. The lowest BCUT2D eigenvalue weighted by atomic mass is 10.3. The molecule has 0 fully saturated rings. The van der Waals surface area contributed by atoms with E-state index in [1.54, 1.807) is 6.92 Å². The maximum absolute atomic E-state index is 12.3. The second kappa shape index (κ2) is 6.09. The van der Waals surface area contributed by atoms with E-state index < -0.39 is 23.0 Å². The normalized spacial score (nSPS) is 10.8. The summed E-state index contributed by atoms with van der Waals surface area (Å²) < 4.78 is 29.3. The molecule has 10 heteroatoms. The number of halogens is 2. The van der Waals surface area contributed by atoms with Gasteiger partial charge in [-0.1, -0.05) is 23.1 Å². The van der Waals surface area contributed by atoms with E-state index in [0.717, 1.165) is 11.1 Å². The minimum atomic E-state index is -3.13. The molecule has 0 spiro atoms. The average Bonchev–Trinajstić information content (AvgIpc) is 2.73. The maximum Gasteiger partial charge on any atom is 0.387 e. The Labute approximate surface area is 119 Å². The molecule has 1 aromatic carbocycles. The van der Waals surface area contributed by atoms with Gasteiger partial charge in [-0.05, 0) is 13.0 Å². The molecule has 1 heterocycles. The molecule has 6 nitrogen and oxygen atoms in total. The third-order valence-corrected chi connectivity index (χ3v) is 3.94. The number of nitrogens with zero attached hydrogens (tertiary/aromatic N) is 3. The summed E-state index contributed by atoms with van der Waals surface area (Å²) >= 11 is 2.50. The third kappa shape index (κ3) is 3.61. The molecule has 0 aliphatic rings. The summed E-state index contributed by atoms with van der Waals surface area (Å²) in [6.07, 6.45) is 0. The van der Waals surface area contributed by atoms with Crippen molar-refractivity contribution in [3.63, 3.8) is 0 Å². The van der Waals surface area contributed by atoms with E-state index in [0.29, 0.717) is 9.24 Å². The van der Waals surface area contributed by atoms with Gasteiger partial charge in [-0.15, -0.1) is 10.2 Å². The fraction of sp³-hybridized carbons (Fsp3) is 0.200. The number of aryl methyl sites for hydroxylation is 1. The Morgan fingerprint density at radius 1 is 1.45 bits per heavy atom. The van der Waals surface area contributed by atoms with Gasteiger partial charge in [-0.25, -0.2) is 0 Å². The van der Waals surface area contributed by atoms with Gasteiger partial charge in [0.25, 0.3) is 0 Å². The van der Waals surface area contributed by atoms with Gasteiger partial charge in [-0.2, -0.15) is 8.78 Å². The Hall–Kier alpha value is -1.81. The first-order valence-electron chi connectivity index (χ1n) is 5.17. The quantitative estimate of drug-likeness (QED) is 0.620. The van der Waals surface area contributed by atoms with Crippen molar-refractivity contribution in [1.29, 1.82) is 0 Å². The van der Waals surface area contributed by atoms with Crippen LogP contribution in [-0.4, -0.2) is 21.7 Å². The average molecular weight is 319 g/mol. The molecular weight excluding hydrogens is 312 g/mol. The standard InChI is InChI=1S/C10H7F2N3O3S2/c1-5-13-14-10(19-5)20-6-2-3-7(15(16)17)8(4-6)18-9(11)12/h2-4,9H,1H3. The third-order valence-electron chi connectivity index (χ3n) is 2.06. The first kappa shape index (κ1) is 14.6. The largest absolute Gasteiger partial charge is 0.427 e. The van der Waals surface area contributed by atoms with Crippen molar-refractivity contribution in [3.8, 4) is 5.75 Å². The van der Waals surface area contributed by atoms with Crippen LogP contribution in [0.25, 0.3) is 0 Å². The van der Waals surface area contributed by atoms with Crippen molar-refractivity contribution in [2.45, 2.75) is 22.8 Å². The van der Waals surface area contributed by atoms with Crippen LogP contribution < -0.4 is 4.74 Å². The molecule has 0 N–H and O–H groups in total. The molecule has 20 heavy (non-hydrogen) atoms. The molecule has 0 atom stereocenters. The van der Waals surface area contributed by atoms with Crippen LogP contribution in [-0.2, 0) is 0 Å². The van der Waals surface area contributed by atoms with Gasteiger partial charge in [0, 0.05) is 17.0 Å². The second-order valence-corrected chi connectivity index (χ2v) is 5.96. The van der Waals surface area contributed by atoms with E-state index in [9.17, 15) is 18.9 Å². The van der Waals surface area contributed by atoms with Gasteiger partial charge in [0.2, 0.25) is 5.75 Å². The van der Waals surface area contributed by atoms with Crippen molar-refractivity contribution in [2.75, 3.05) is 0 Å². The summed E-state index contributed by atoms with van der Waals surface area (Å²) in [5.74, 6) is -0.476. The molecule has 0 radical (unpaired) electrons. The van der Waals surface area contributed by atoms with Crippen molar-refractivity contribution < 1.29 is 18.4 Å². The van der Waals surface area contributed by atoms with Gasteiger partial charge in [0.15, 0.2) is 4.34 Å². The fourth-order valence-electron chi connectivity index (χ4n) is 1.32. The minimum Gasteiger partial charge on any atom is -0.427 e. The molecular formula is C10H7F2N3O3S2. The predicted molar refractivity (Wildman–Crippen MR) is 68.5 cm³/mol. The molecule has 0 aliphatic heterocycles. The Kier molecular flexibility index (Phi) is 4.45. The van der Waals surface area contributed by atoms with Crippen LogP contribution in [0.4, 0.5) is 14.5 Å². The molecule has 1 aromatic heterocycles. The van der Waals surface area contributed by atoms with E-state index in [1.165, 1.54) is 35.2 Å². The highest BCUT2D eigenvalue weighted by Crippen LogP contribution is 2.36. The highest BCUT2D eigenvalue weighted by molar-refractivity contribution is 8.01. The zero-order chi connectivity index (χ0) is 14.7. The summed E-state index contributed by atoms with van der Waals surface area (Å²) in [6, 6.07) is 3.75. The van der Waals surface area contributed by atoms with Crippen LogP contribution in [0.2, 0.25) is 0 Å². The maximum atomic E-state index is 12.3. The van der Waals surface area contributed by atoms with Crippen molar-refractivity contribution in [3.05, 3.63) is 33.3 Å². The van der Waals surface area contributed by atoms with Crippen molar-refractivity contribution in [2.24, 2.45) is 0 Å². The summed E-state index contributed by atoms with van der Waals surface area (Å²) in [5, 5.41) is 19.2. The molecule has 2 aromatic rings. The van der Waals surface area contributed by atoms with E-state index in [1.807, 2.05) is 0 Å². The molecule has 0 bridgehead atoms. The van der Waals surface area contributed by atoms with Crippen LogP contribution in [0.5, 0.6) is 5.75 Å². The van der Waals surface area contributed by atoms with E-state index >= 15 is 0 Å². The molecule has 0 amide bonds. The number of nitro groups is 1. The van der Waals surface area contributed by atoms with Crippen LogP contribution >= 0.6 is 23.1 Å². The zero-order valence-electron chi connectivity index (χ0n) is 9.95. The molecule has 0 aliphatic carbocycles. The topological polar surface area (TPSA) is 78.2 Å². The number of nitro benzene ring substituents is 1. The lowest BCUT2D eigenvalue weighted by Crippen LogP contribution is -2.04. The summed E-state index contributed by atoms with van der Waals surface area (Å²) in [5.41, 5.74) is -0.511. The fourth-order valence-corrected chi connectivity index (χ4v) is 3.14. The van der Waals surface area contributed by atoms with Crippen molar-refractivity contribution >= 4 is 28.8 Å². The van der Waals surface area contributed by atoms with Gasteiger partial charge in [0.1, 0.15) is 5.01 Å². The number of benzene rings is 1. The lowest BCUT2D eigenvalue weighted by molar-refractivity contribution is -0.386. The molecule has 0 saturated heterocycles. The number of ether oxygens (including phenoxy) is 1. The number of alkyl halides is 2. The van der Waals surface area contributed by atoms with Crippen LogP contribution in [0.15, 0.2) is 27.4 Å². The Morgan fingerprint density at radius 2 is 2.20 bits per heavy atom. The predicted octanol–water partition coefficient (Wildman–Crippen LogP) is 3.51. The monoisotopic (exact) mass is 319 g/mol. The number of aromatic nitrogens is 2. The summed E-state index contributed by atoms with van der Waals surface area (Å²) in [4.78, 5) is 10.5. The first-order valence-corrected chi connectivity index (χ1v) is 6.80. The Bertz CT molecular complexity index is 636. The smallest absolute Gasteiger partial charge is 0.387 e. The first-order chi connectivity index (χ1) is 9.45. The summed E-state index contributed by atoms with van der Waals surface area (Å²) in [6.45, 7) is -1.35. The zero-order valence-corrected chi connectivity index (χ0v) is 11.6. The van der Waals surface area contributed by atoms with Gasteiger partial charge >= 0.3 is 12.3 Å². The van der Waals surface area contributed by atoms with Crippen LogP contribution in [0.3, 0.4) is 0 Å². The summed E-state index contributed by atoms with van der Waals surface area (Å²) in [7, 11) is 0.